The number of pyridine rings is 2. The highest BCUT2D eigenvalue weighted by Crippen LogP contribution is 2.32. The van der Waals surface area contributed by atoms with Crippen LogP contribution in [0.3, 0.4) is 0 Å². The molecule has 2 atom stereocenters. The lowest BCUT2D eigenvalue weighted by Crippen LogP contribution is -2.32. The minimum Gasteiger partial charge on any atom is -0.506 e. The van der Waals surface area contributed by atoms with E-state index >= 15 is 0 Å². The number of amides is 1. The van der Waals surface area contributed by atoms with Crippen molar-refractivity contribution < 1.29 is 19.7 Å². The van der Waals surface area contributed by atoms with Crippen LogP contribution in [-0.4, -0.2) is 67.7 Å². The number of aliphatic hydroxyl groups excluding tert-OH is 1. The second kappa shape index (κ2) is 15.2. The molecule has 3 aromatic heterocycles. The minimum atomic E-state index is -0.863. The first-order valence-electron chi connectivity index (χ1n) is 17.1. The van der Waals surface area contributed by atoms with Gasteiger partial charge in [0.1, 0.15) is 5.75 Å². The number of carbonyl (C=O) groups excluding carboxylic acids is 1. The molecule has 0 bridgehead atoms. The standard InChI is InChI=1S/C37H45N7O5/c1-4-30-28(34(41-25-13-15-49-16-14-25)29-20-40-44(5-2)36(29)42-30)19-39-37(48)24-8-6-7-23(18-24)17-22(3)38-21-32(46)26-9-11-31(45)35-27(26)10-12-33(47)43-35/h6-12,18,20,22,25,32,38,45-46H,4-5,13-17,19,21H2,1-3H3,(H,39,48)(H,41,42)(H,43,47). The number of anilines is 1. The number of rotatable bonds is 13. The molecule has 1 saturated heterocycles. The molecule has 1 aliphatic rings. The second-order valence-corrected chi connectivity index (χ2v) is 12.7. The highest BCUT2D eigenvalue weighted by Gasteiger charge is 2.22. The fourth-order valence-corrected chi connectivity index (χ4v) is 6.61. The van der Waals surface area contributed by atoms with Crippen LogP contribution in [0.15, 0.2) is 59.5 Å². The fraction of sp³-hybridized carbons (Fsp3) is 0.405. The number of aromatic nitrogens is 4. The maximum atomic E-state index is 13.5. The van der Waals surface area contributed by atoms with E-state index in [2.05, 4.69) is 39.9 Å². The third-order valence-corrected chi connectivity index (χ3v) is 9.26. The lowest BCUT2D eigenvalue weighted by molar-refractivity contribution is 0.0904. The van der Waals surface area contributed by atoms with E-state index in [9.17, 15) is 19.8 Å². The minimum absolute atomic E-state index is 0.0103. The van der Waals surface area contributed by atoms with Crippen molar-refractivity contribution in [1.82, 2.24) is 30.4 Å². The molecule has 0 aliphatic carbocycles. The number of hydrogen-bond acceptors (Lipinski definition) is 9. The first-order chi connectivity index (χ1) is 23.7. The van der Waals surface area contributed by atoms with Gasteiger partial charge in [0.2, 0.25) is 5.56 Å². The van der Waals surface area contributed by atoms with E-state index in [-0.39, 0.29) is 35.8 Å². The summed E-state index contributed by atoms with van der Waals surface area (Å²) in [7, 11) is 0. The van der Waals surface area contributed by atoms with Gasteiger partial charge in [0.15, 0.2) is 5.65 Å². The third-order valence-electron chi connectivity index (χ3n) is 9.26. The predicted octanol–water partition coefficient (Wildman–Crippen LogP) is 4.34. The van der Waals surface area contributed by atoms with Gasteiger partial charge in [-0.15, -0.1) is 0 Å². The maximum absolute atomic E-state index is 13.5. The molecular formula is C37H45N7O5. The fourth-order valence-electron chi connectivity index (χ4n) is 6.61. The molecule has 1 aliphatic heterocycles. The molecule has 6 rings (SSSR count). The number of phenols is 1. The van der Waals surface area contributed by atoms with Crippen molar-refractivity contribution in [1.29, 1.82) is 0 Å². The molecule has 6 N–H and O–H groups in total. The third kappa shape index (κ3) is 7.61. The number of hydrogen-bond donors (Lipinski definition) is 6. The van der Waals surface area contributed by atoms with Crippen molar-refractivity contribution in [3.63, 3.8) is 0 Å². The number of nitrogens with zero attached hydrogens (tertiary/aromatic N) is 3. The van der Waals surface area contributed by atoms with Gasteiger partial charge in [0, 0.05) is 73.2 Å². The summed E-state index contributed by atoms with van der Waals surface area (Å²) in [5, 5.41) is 37.6. The van der Waals surface area contributed by atoms with Crippen LogP contribution in [0.4, 0.5) is 5.69 Å². The number of aromatic amines is 1. The van der Waals surface area contributed by atoms with Gasteiger partial charge in [0.05, 0.1) is 28.9 Å². The summed E-state index contributed by atoms with van der Waals surface area (Å²) in [5.41, 5.74) is 5.88. The van der Waals surface area contributed by atoms with Crippen LogP contribution in [0.5, 0.6) is 5.75 Å². The van der Waals surface area contributed by atoms with Crippen LogP contribution < -0.4 is 21.5 Å². The van der Waals surface area contributed by atoms with E-state index in [1.807, 2.05) is 42.1 Å². The van der Waals surface area contributed by atoms with Crippen molar-refractivity contribution in [2.75, 3.05) is 25.1 Å². The van der Waals surface area contributed by atoms with Gasteiger partial charge in [-0.3, -0.25) is 9.59 Å². The molecule has 2 unspecified atom stereocenters. The van der Waals surface area contributed by atoms with E-state index in [1.165, 1.54) is 12.1 Å². The Labute approximate surface area is 284 Å². The van der Waals surface area contributed by atoms with Crippen molar-refractivity contribution in [2.24, 2.45) is 0 Å². The first kappa shape index (κ1) is 34.1. The summed E-state index contributed by atoms with van der Waals surface area (Å²) in [6.07, 6.45) is 4.18. The molecule has 4 heterocycles. The van der Waals surface area contributed by atoms with Crippen LogP contribution in [-0.2, 0) is 30.7 Å². The van der Waals surface area contributed by atoms with Crippen molar-refractivity contribution in [3.05, 3.63) is 93.0 Å². The Bertz CT molecular complexity index is 2000. The Balaban J connectivity index is 1.12. The quantitative estimate of drug-likeness (QED) is 0.107. The summed E-state index contributed by atoms with van der Waals surface area (Å²) in [5.74, 6) is -0.216. The summed E-state index contributed by atoms with van der Waals surface area (Å²) < 4.78 is 7.50. The average Bonchev–Trinajstić information content (AvgIpc) is 3.53. The van der Waals surface area contributed by atoms with E-state index in [1.54, 1.807) is 12.1 Å². The van der Waals surface area contributed by atoms with Gasteiger partial charge in [-0.1, -0.05) is 25.1 Å². The Kier molecular flexibility index (Phi) is 10.6. The second-order valence-electron chi connectivity index (χ2n) is 12.7. The van der Waals surface area contributed by atoms with Gasteiger partial charge in [-0.2, -0.15) is 5.10 Å². The monoisotopic (exact) mass is 667 g/mol. The van der Waals surface area contributed by atoms with Gasteiger partial charge in [-0.05, 0) is 74.9 Å². The largest absolute Gasteiger partial charge is 0.506 e. The predicted molar refractivity (Wildman–Crippen MR) is 190 cm³/mol. The normalized spacial score (nSPS) is 15.0. The number of aromatic hydroxyl groups is 1. The van der Waals surface area contributed by atoms with Gasteiger partial charge < -0.3 is 35.9 Å². The number of H-pyrrole nitrogens is 1. The van der Waals surface area contributed by atoms with Crippen molar-refractivity contribution >= 4 is 33.5 Å². The number of carbonyl (C=O) groups is 1. The topological polar surface area (TPSA) is 166 Å². The molecule has 5 aromatic rings. The molecule has 12 heteroatoms. The van der Waals surface area contributed by atoms with Crippen LogP contribution in [0.25, 0.3) is 21.9 Å². The molecule has 0 radical (unpaired) electrons. The van der Waals surface area contributed by atoms with E-state index < -0.39 is 6.10 Å². The number of ether oxygens (including phenoxy) is 1. The molecule has 0 saturated carbocycles. The molecule has 1 fully saturated rings. The van der Waals surface area contributed by atoms with Crippen LogP contribution in [0.2, 0.25) is 0 Å². The number of nitrogens with one attached hydrogen (secondary N) is 4. The average molecular weight is 668 g/mol. The van der Waals surface area contributed by atoms with Gasteiger partial charge >= 0.3 is 0 Å². The lowest BCUT2D eigenvalue weighted by Gasteiger charge is -2.26. The zero-order valence-electron chi connectivity index (χ0n) is 28.3. The number of fused-ring (bicyclic) bond motifs is 2. The summed E-state index contributed by atoms with van der Waals surface area (Å²) in [6, 6.07) is 14.0. The number of aliphatic hydroxyl groups is 1. The summed E-state index contributed by atoms with van der Waals surface area (Å²) in [6.45, 7) is 8.90. The van der Waals surface area contributed by atoms with Crippen LogP contribution in [0, 0.1) is 0 Å². The lowest BCUT2D eigenvalue weighted by atomic mass is 10.0. The number of aryl methyl sites for hydroxylation is 2. The molecule has 2 aromatic carbocycles. The van der Waals surface area contributed by atoms with Crippen molar-refractivity contribution in [3.8, 4) is 5.75 Å². The molecule has 12 nitrogen and oxygen atoms in total. The number of benzene rings is 2. The Morgan fingerprint density at radius 3 is 2.71 bits per heavy atom. The number of phenolic OH excluding ortho intramolecular Hbond substituents is 1. The van der Waals surface area contributed by atoms with E-state index in [4.69, 9.17) is 9.72 Å². The van der Waals surface area contributed by atoms with Gasteiger partial charge in [-0.25, -0.2) is 9.67 Å². The molecular weight excluding hydrogens is 622 g/mol. The van der Waals surface area contributed by atoms with Gasteiger partial charge in [0.25, 0.3) is 5.91 Å². The summed E-state index contributed by atoms with van der Waals surface area (Å²) in [4.78, 5) is 32.9. The maximum Gasteiger partial charge on any atom is 0.251 e. The van der Waals surface area contributed by atoms with Crippen molar-refractivity contribution in [2.45, 2.75) is 77.7 Å². The molecule has 1 amide bonds. The Morgan fingerprint density at radius 2 is 1.94 bits per heavy atom. The molecule has 49 heavy (non-hydrogen) atoms. The van der Waals surface area contributed by atoms with Crippen LogP contribution in [0.1, 0.15) is 72.5 Å². The molecule has 0 spiro atoms. The molecule has 258 valence electrons. The van der Waals surface area contributed by atoms with E-state index in [0.29, 0.717) is 35.0 Å². The Hall–Kier alpha value is -4.78. The SMILES string of the molecule is CCc1nc2c(cnn2CC)c(NC2CCOCC2)c1CNC(=O)c1cccc(CC(C)NCC(O)c2ccc(O)c3[nH]c(=O)ccc23)c1. The van der Waals surface area contributed by atoms with Crippen LogP contribution >= 0.6 is 0 Å². The van der Waals surface area contributed by atoms with E-state index in [0.717, 1.165) is 72.6 Å². The zero-order valence-corrected chi connectivity index (χ0v) is 28.3. The summed E-state index contributed by atoms with van der Waals surface area (Å²) >= 11 is 0. The Morgan fingerprint density at radius 1 is 1.12 bits per heavy atom. The highest BCUT2D eigenvalue weighted by molar-refractivity contribution is 5.95. The first-order valence-corrected chi connectivity index (χ1v) is 17.1. The highest BCUT2D eigenvalue weighted by atomic mass is 16.5. The zero-order chi connectivity index (χ0) is 34.5. The smallest absolute Gasteiger partial charge is 0.251 e.